The number of hydrogen-bond donors (Lipinski definition) is 0. The Morgan fingerprint density at radius 2 is 2.10 bits per heavy atom. The molecule has 1 aromatic heterocycles. The van der Waals surface area contributed by atoms with Crippen LogP contribution in [0, 0.1) is 28.4 Å². The van der Waals surface area contributed by atoms with Gasteiger partial charge in [-0.25, -0.2) is 8.78 Å². The number of halogens is 2. The molecule has 1 aliphatic rings. The van der Waals surface area contributed by atoms with Crippen molar-refractivity contribution in [3.8, 4) is 6.07 Å². The normalized spacial score (nSPS) is 24.4. The summed E-state index contributed by atoms with van der Waals surface area (Å²) in [5.41, 5.74) is -2.54. The Kier molecular flexibility index (Phi) is 3.64. The largest absolute Gasteiger partial charge is 0.368 e. The molecule has 0 fully saturated rings. The number of rotatable bonds is 2. The Morgan fingerprint density at radius 3 is 2.62 bits per heavy atom. The van der Waals surface area contributed by atoms with Crippen molar-refractivity contribution in [2.45, 2.75) is 25.9 Å². The van der Waals surface area contributed by atoms with Crippen LogP contribution in [0.2, 0.25) is 0 Å². The van der Waals surface area contributed by atoms with E-state index in [0.717, 1.165) is 6.20 Å². The molecular weight excluding hydrogens is 278 g/mol. The Balaban J connectivity index is 2.69. The van der Waals surface area contributed by atoms with Gasteiger partial charge in [-0.3, -0.25) is 9.78 Å². The van der Waals surface area contributed by atoms with Gasteiger partial charge in [-0.15, -0.1) is 0 Å². The number of ether oxygens (including phenoxy) is 1. The summed E-state index contributed by atoms with van der Waals surface area (Å²) in [7, 11) is 1.34. The van der Waals surface area contributed by atoms with Gasteiger partial charge in [0.15, 0.2) is 11.6 Å². The summed E-state index contributed by atoms with van der Waals surface area (Å²) in [5, 5.41) is 9.11. The van der Waals surface area contributed by atoms with Gasteiger partial charge in [0.05, 0.1) is 11.8 Å². The first-order valence-electron chi connectivity index (χ1n) is 6.30. The van der Waals surface area contributed by atoms with Gasteiger partial charge in [0, 0.05) is 18.6 Å². The Labute approximate surface area is 121 Å². The fourth-order valence-corrected chi connectivity index (χ4v) is 2.64. The van der Waals surface area contributed by atoms with Crippen LogP contribution in [0.4, 0.5) is 8.78 Å². The van der Waals surface area contributed by atoms with Crippen LogP contribution in [0.25, 0.3) is 0 Å². The summed E-state index contributed by atoms with van der Waals surface area (Å²) < 4.78 is 32.5. The van der Waals surface area contributed by atoms with E-state index in [1.807, 2.05) is 0 Å². The van der Waals surface area contributed by atoms with Crippen LogP contribution >= 0.6 is 0 Å². The van der Waals surface area contributed by atoms with Crippen molar-refractivity contribution in [2.75, 3.05) is 7.11 Å². The molecule has 0 spiro atoms. The lowest BCUT2D eigenvalue weighted by atomic mass is 9.68. The number of carbonyl (C=O) groups excluding carboxylic acids is 1. The fourth-order valence-electron chi connectivity index (χ4n) is 2.64. The average Bonchev–Trinajstić information content (AvgIpc) is 2.41. The summed E-state index contributed by atoms with van der Waals surface area (Å²) in [5.74, 6) is -2.02. The summed E-state index contributed by atoms with van der Waals surface area (Å²) in [6, 6.07) is 2.51. The molecule has 1 atom stereocenters. The van der Waals surface area contributed by atoms with Gasteiger partial charge in [-0.2, -0.15) is 5.26 Å². The van der Waals surface area contributed by atoms with E-state index in [4.69, 9.17) is 10.00 Å². The SMILES string of the molecule is COC1(c2ncc(F)cc2F)C=C(C#N)C(=O)C(C)(C)C1. The number of ketones is 1. The smallest absolute Gasteiger partial charge is 0.178 e. The zero-order valence-electron chi connectivity index (χ0n) is 11.9. The third-order valence-electron chi connectivity index (χ3n) is 3.63. The lowest BCUT2D eigenvalue weighted by Gasteiger charge is -2.39. The summed E-state index contributed by atoms with van der Waals surface area (Å²) in [6.07, 6.45) is 2.25. The molecule has 4 nitrogen and oxygen atoms in total. The zero-order valence-corrected chi connectivity index (χ0v) is 11.9. The van der Waals surface area contributed by atoms with E-state index in [2.05, 4.69) is 4.98 Å². The maximum Gasteiger partial charge on any atom is 0.178 e. The molecule has 0 amide bonds. The first-order valence-corrected chi connectivity index (χ1v) is 6.30. The number of allylic oxidation sites excluding steroid dienone is 1. The number of methoxy groups -OCH3 is 1. The van der Waals surface area contributed by atoms with Crippen LogP contribution in [0.1, 0.15) is 26.0 Å². The quantitative estimate of drug-likeness (QED) is 0.840. The molecule has 0 saturated heterocycles. The number of carbonyl (C=O) groups is 1. The van der Waals surface area contributed by atoms with Gasteiger partial charge in [-0.05, 0) is 12.5 Å². The minimum Gasteiger partial charge on any atom is -0.368 e. The van der Waals surface area contributed by atoms with E-state index in [1.165, 1.54) is 13.2 Å². The van der Waals surface area contributed by atoms with E-state index in [0.29, 0.717) is 6.07 Å². The number of nitriles is 1. The molecule has 0 aliphatic heterocycles. The molecule has 0 aromatic carbocycles. The van der Waals surface area contributed by atoms with Crippen LogP contribution in [0.15, 0.2) is 23.9 Å². The highest BCUT2D eigenvalue weighted by Gasteiger charge is 2.48. The summed E-state index contributed by atoms with van der Waals surface area (Å²) >= 11 is 0. The van der Waals surface area contributed by atoms with Crippen molar-refractivity contribution < 1.29 is 18.3 Å². The number of hydrogen-bond acceptors (Lipinski definition) is 4. The number of pyridine rings is 1. The van der Waals surface area contributed by atoms with Gasteiger partial charge in [0.2, 0.25) is 0 Å². The Bertz CT molecular complexity index is 677. The maximum atomic E-state index is 14.1. The molecule has 1 aliphatic carbocycles. The van der Waals surface area contributed by atoms with E-state index in [9.17, 15) is 13.6 Å². The molecule has 21 heavy (non-hydrogen) atoms. The molecule has 1 aromatic rings. The summed E-state index contributed by atoms with van der Waals surface area (Å²) in [6.45, 7) is 3.30. The van der Waals surface area contributed by atoms with Gasteiger partial charge < -0.3 is 4.74 Å². The van der Waals surface area contributed by atoms with Crippen LogP contribution < -0.4 is 0 Å². The van der Waals surface area contributed by atoms with Gasteiger partial charge in [0.1, 0.15) is 23.2 Å². The first-order chi connectivity index (χ1) is 9.75. The van der Waals surface area contributed by atoms with Crippen molar-refractivity contribution in [2.24, 2.45) is 5.41 Å². The molecule has 2 rings (SSSR count). The number of aromatic nitrogens is 1. The van der Waals surface area contributed by atoms with Crippen molar-refractivity contribution >= 4 is 5.78 Å². The molecule has 0 bridgehead atoms. The molecule has 1 unspecified atom stereocenters. The second-order valence-electron chi connectivity index (χ2n) is 5.64. The highest BCUT2D eigenvalue weighted by molar-refractivity contribution is 6.03. The van der Waals surface area contributed by atoms with E-state index >= 15 is 0 Å². The summed E-state index contributed by atoms with van der Waals surface area (Å²) in [4.78, 5) is 15.9. The molecule has 0 radical (unpaired) electrons. The van der Waals surface area contributed by atoms with Gasteiger partial charge in [-0.1, -0.05) is 13.8 Å². The second kappa shape index (κ2) is 5.01. The minimum atomic E-state index is -1.37. The predicted octanol–water partition coefficient (Wildman–Crippen LogP) is 2.65. The maximum absolute atomic E-state index is 14.1. The molecule has 110 valence electrons. The zero-order chi connectivity index (χ0) is 15.8. The Hall–Kier alpha value is -2.13. The predicted molar refractivity (Wildman–Crippen MR) is 69.9 cm³/mol. The van der Waals surface area contributed by atoms with E-state index < -0.39 is 22.7 Å². The van der Waals surface area contributed by atoms with Crippen molar-refractivity contribution in [1.29, 1.82) is 5.26 Å². The fraction of sp³-hybridized carbons (Fsp3) is 0.400. The van der Waals surface area contributed by atoms with Crippen molar-refractivity contribution in [3.63, 3.8) is 0 Å². The van der Waals surface area contributed by atoms with Gasteiger partial charge >= 0.3 is 0 Å². The molecule has 1 heterocycles. The van der Waals surface area contributed by atoms with Crippen LogP contribution in [0.3, 0.4) is 0 Å². The lowest BCUT2D eigenvalue weighted by Crippen LogP contribution is -2.43. The third kappa shape index (κ3) is 2.45. The second-order valence-corrected chi connectivity index (χ2v) is 5.64. The Morgan fingerprint density at radius 1 is 1.43 bits per heavy atom. The molecule has 6 heteroatoms. The number of Topliss-reactive ketones (excluding diaryl/α,β-unsaturated/α-hetero) is 1. The lowest BCUT2D eigenvalue weighted by molar-refractivity contribution is -0.129. The number of nitrogens with zero attached hydrogens (tertiary/aromatic N) is 2. The topological polar surface area (TPSA) is 63.0 Å². The van der Waals surface area contributed by atoms with E-state index in [1.54, 1.807) is 19.9 Å². The van der Waals surface area contributed by atoms with Crippen molar-refractivity contribution in [1.82, 2.24) is 4.98 Å². The van der Waals surface area contributed by atoms with Gasteiger partial charge in [0.25, 0.3) is 0 Å². The average molecular weight is 292 g/mol. The molecule has 0 saturated carbocycles. The van der Waals surface area contributed by atoms with Crippen molar-refractivity contribution in [3.05, 3.63) is 41.2 Å². The highest BCUT2D eigenvalue weighted by atomic mass is 19.1. The minimum absolute atomic E-state index is 0.107. The van der Waals surface area contributed by atoms with Crippen LogP contribution in [-0.4, -0.2) is 17.9 Å². The molecular formula is C15H14F2N2O2. The van der Waals surface area contributed by atoms with Crippen LogP contribution in [0.5, 0.6) is 0 Å². The third-order valence-corrected chi connectivity index (χ3v) is 3.63. The standard InChI is InChI=1S/C15H14F2N2O2/c1-14(2)8-15(21-3,5-9(6-18)13(14)20)12-11(17)4-10(16)7-19-12/h4-5,7H,8H2,1-3H3. The molecule has 0 N–H and O–H groups in total. The van der Waals surface area contributed by atoms with E-state index in [-0.39, 0.29) is 23.5 Å². The highest BCUT2D eigenvalue weighted by Crippen LogP contribution is 2.45. The van der Waals surface area contributed by atoms with Crippen LogP contribution in [-0.2, 0) is 15.1 Å². The first kappa shape index (κ1) is 15.3. The monoisotopic (exact) mass is 292 g/mol.